The van der Waals surface area contributed by atoms with E-state index in [0.717, 1.165) is 20.7 Å². The fourth-order valence-corrected chi connectivity index (χ4v) is 4.35. The number of aryl methyl sites for hydroxylation is 3. The Hall–Kier alpha value is -3.46. The van der Waals surface area contributed by atoms with E-state index in [0.29, 0.717) is 21.7 Å². The largest absolute Gasteiger partial charge is 0.337 e. The Kier molecular flexibility index (Phi) is 4.67. The number of H-pyrrole nitrogens is 1. The quantitative estimate of drug-likeness (QED) is 0.541. The number of thiophene rings is 1. The van der Waals surface area contributed by atoms with E-state index < -0.39 is 11.6 Å². The van der Waals surface area contributed by atoms with Crippen LogP contribution in [-0.4, -0.2) is 25.2 Å². The van der Waals surface area contributed by atoms with Crippen LogP contribution in [0.5, 0.6) is 0 Å². The molecule has 0 saturated carbocycles. The molecule has 148 valence electrons. The maximum absolute atomic E-state index is 13.2. The van der Waals surface area contributed by atoms with Gasteiger partial charge in [0.15, 0.2) is 5.82 Å². The third-order valence-corrected chi connectivity index (χ3v) is 5.97. The molecule has 0 unspecified atom stereocenters. The molecule has 0 saturated heterocycles. The monoisotopic (exact) mass is 409 g/mol. The molecule has 0 aliphatic heterocycles. The fraction of sp³-hybridized carbons (Fsp3) is 0.200. The highest BCUT2D eigenvalue weighted by molar-refractivity contribution is 7.18. The van der Waals surface area contributed by atoms with E-state index in [1.165, 1.54) is 15.9 Å². The van der Waals surface area contributed by atoms with E-state index in [4.69, 9.17) is 0 Å². The van der Waals surface area contributed by atoms with Crippen LogP contribution in [0.3, 0.4) is 0 Å². The number of carbonyl (C=O) groups is 1. The van der Waals surface area contributed by atoms with Crippen molar-refractivity contribution in [3.63, 3.8) is 0 Å². The minimum absolute atomic E-state index is 0.228. The maximum Gasteiger partial charge on any atom is 0.337 e. The van der Waals surface area contributed by atoms with Gasteiger partial charge >= 0.3 is 5.69 Å². The summed E-state index contributed by atoms with van der Waals surface area (Å²) in [5.74, 6) is -0.0198. The third kappa shape index (κ3) is 3.29. The van der Waals surface area contributed by atoms with Gasteiger partial charge in [-0.05, 0) is 38.5 Å². The normalized spacial score (nSPS) is 11.1. The van der Waals surface area contributed by atoms with Gasteiger partial charge < -0.3 is 5.32 Å². The van der Waals surface area contributed by atoms with E-state index in [2.05, 4.69) is 15.5 Å². The van der Waals surface area contributed by atoms with Crippen LogP contribution in [0, 0.1) is 20.8 Å². The van der Waals surface area contributed by atoms with Gasteiger partial charge in [-0.25, -0.2) is 9.36 Å². The molecule has 0 atom stereocenters. The number of nitrogens with zero attached hydrogens (tertiary/aromatic N) is 3. The molecule has 2 N–H and O–H groups in total. The first-order chi connectivity index (χ1) is 13.9. The van der Waals surface area contributed by atoms with Gasteiger partial charge in [-0.2, -0.15) is 5.10 Å². The molecule has 0 radical (unpaired) electrons. The van der Waals surface area contributed by atoms with Crippen molar-refractivity contribution in [3.05, 3.63) is 73.4 Å². The highest BCUT2D eigenvalue weighted by Crippen LogP contribution is 2.27. The second-order valence-corrected chi connectivity index (χ2v) is 8.00. The topological polar surface area (TPSA) is 102 Å². The molecule has 3 heterocycles. The van der Waals surface area contributed by atoms with Gasteiger partial charge in [-0.1, -0.05) is 18.2 Å². The average molecular weight is 409 g/mol. The number of benzene rings is 1. The van der Waals surface area contributed by atoms with Crippen LogP contribution < -0.4 is 16.6 Å². The SMILES string of the molecule is Cc1cc(NC(=O)Cn2c(=O)n(-c3ccccc3)c(=O)c3c(C)c(C)sc32)n[nH]1. The van der Waals surface area contributed by atoms with Crippen molar-refractivity contribution in [2.75, 3.05) is 5.32 Å². The Bertz CT molecular complexity index is 1340. The first kappa shape index (κ1) is 18.9. The average Bonchev–Trinajstić information content (AvgIpc) is 3.22. The predicted molar refractivity (Wildman–Crippen MR) is 113 cm³/mol. The van der Waals surface area contributed by atoms with Gasteiger partial charge in [0.2, 0.25) is 5.91 Å². The van der Waals surface area contributed by atoms with Crippen LogP contribution in [0.15, 0.2) is 46.0 Å². The number of anilines is 1. The molecule has 3 aromatic heterocycles. The summed E-state index contributed by atoms with van der Waals surface area (Å²) in [7, 11) is 0. The van der Waals surface area contributed by atoms with Crippen LogP contribution in [0.25, 0.3) is 15.9 Å². The highest BCUT2D eigenvalue weighted by atomic mass is 32.1. The second kappa shape index (κ2) is 7.17. The number of hydrogen-bond donors (Lipinski definition) is 2. The zero-order valence-electron chi connectivity index (χ0n) is 16.1. The van der Waals surface area contributed by atoms with Crippen molar-refractivity contribution in [2.45, 2.75) is 27.3 Å². The molecule has 0 aliphatic carbocycles. The molecule has 1 amide bonds. The smallest absolute Gasteiger partial charge is 0.308 e. The molecule has 8 nitrogen and oxygen atoms in total. The Balaban J connectivity index is 1.88. The highest BCUT2D eigenvalue weighted by Gasteiger charge is 2.21. The molecule has 0 bridgehead atoms. The molecule has 9 heteroatoms. The minimum Gasteiger partial charge on any atom is -0.308 e. The Morgan fingerprint density at radius 3 is 2.55 bits per heavy atom. The number of carbonyl (C=O) groups excluding carboxylic acids is 1. The minimum atomic E-state index is -0.552. The zero-order valence-corrected chi connectivity index (χ0v) is 17.0. The number of aromatic nitrogens is 4. The molecule has 29 heavy (non-hydrogen) atoms. The molecule has 4 aromatic rings. The molecule has 0 spiro atoms. The summed E-state index contributed by atoms with van der Waals surface area (Å²) in [6.07, 6.45) is 0. The lowest BCUT2D eigenvalue weighted by atomic mass is 10.2. The molecular weight excluding hydrogens is 390 g/mol. The summed E-state index contributed by atoms with van der Waals surface area (Å²) < 4.78 is 2.47. The summed E-state index contributed by atoms with van der Waals surface area (Å²) in [4.78, 5) is 40.4. The Morgan fingerprint density at radius 1 is 1.17 bits per heavy atom. The van der Waals surface area contributed by atoms with Crippen molar-refractivity contribution in [1.82, 2.24) is 19.3 Å². The number of para-hydroxylation sites is 1. The first-order valence-corrected chi connectivity index (χ1v) is 9.81. The number of aromatic amines is 1. The number of amides is 1. The van der Waals surface area contributed by atoms with E-state index in [9.17, 15) is 14.4 Å². The summed E-state index contributed by atoms with van der Waals surface area (Å²) in [6.45, 7) is 5.34. The summed E-state index contributed by atoms with van der Waals surface area (Å²) in [5.41, 5.74) is 1.16. The van der Waals surface area contributed by atoms with Crippen molar-refractivity contribution in [1.29, 1.82) is 0 Å². The van der Waals surface area contributed by atoms with Gasteiger partial charge in [-0.3, -0.25) is 19.3 Å². The zero-order chi connectivity index (χ0) is 20.7. The van der Waals surface area contributed by atoms with Crippen LogP contribution in [0.1, 0.15) is 16.1 Å². The van der Waals surface area contributed by atoms with Crippen LogP contribution in [0.4, 0.5) is 5.82 Å². The van der Waals surface area contributed by atoms with Crippen molar-refractivity contribution >= 4 is 33.3 Å². The van der Waals surface area contributed by atoms with E-state index in [-0.39, 0.29) is 12.1 Å². The standard InChI is InChI=1S/C20H19N5O3S/c1-11-9-15(23-22-11)21-16(26)10-24-19-17(12(2)13(3)29-19)18(27)25(20(24)28)14-7-5-4-6-8-14/h4-9H,10H2,1-3H3,(H2,21,22,23,26). The van der Waals surface area contributed by atoms with Gasteiger partial charge in [0.05, 0.1) is 11.1 Å². The van der Waals surface area contributed by atoms with Gasteiger partial charge in [0, 0.05) is 16.6 Å². The lowest BCUT2D eigenvalue weighted by Gasteiger charge is -2.12. The summed E-state index contributed by atoms with van der Waals surface area (Å²) >= 11 is 1.34. The molecular formula is C20H19N5O3S. The number of rotatable bonds is 4. The fourth-order valence-electron chi connectivity index (χ4n) is 3.21. The lowest BCUT2D eigenvalue weighted by molar-refractivity contribution is -0.116. The van der Waals surface area contributed by atoms with Crippen molar-refractivity contribution in [3.8, 4) is 5.69 Å². The van der Waals surface area contributed by atoms with E-state index >= 15 is 0 Å². The first-order valence-electron chi connectivity index (χ1n) is 8.99. The number of nitrogens with one attached hydrogen (secondary N) is 2. The van der Waals surface area contributed by atoms with Crippen LogP contribution in [-0.2, 0) is 11.3 Å². The Labute approximate surface area is 169 Å². The molecule has 1 aromatic carbocycles. The van der Waals surface area contributed by atoms with Crippen molar-refractivity contribution < 1.29 is 4.79 Å². The predicted octanol–water partition coefficient (Wildman–Crippen LogP) is 2.50. The van der Waals surface area contributed by atoms with Crippen LogP contribution >= 0.6 is 11.3 Å². The van der Waals surface area contributed by atoms with Crippen LogP contribution in [0.2, 0.25) is 0 Å². The van der Waals surface area contributed by atoms with Gasteiger partial charge in [0.25, 0.3) is 5.56 Å². The van der Waals surface area contributed by atoms with E-state index in [1.807, 2.05) is 26.8 Å². The lowest BCUT2D eigenvalue weighted by Crippen LogP contribution is -2.40. The molecule has 4 rings (SSSR count). The number of fused-ring (bicyclic) bond motifs is 1. The third-order valence-electron chi connectivity index (χ3n) is 4.74. The molecule has 0 fully saturated rings. The number of hydrogen-bond acceptors (Lipinski definition) is 5. The van der Waals surface area contributed by atoms with E-state index in [1.54, 1.807) is 30.3 Å². The van der Waals surface area contributed by atoms with Gasteiger partial charge in [0.1, 0.15) is 11.4 Å². The maximum atomic E-state index is 13.2. The Morgan fingerprint density at radius 2 is 1.90 bits per heavy atom. The summed E-state index contributed by atoms with van der Waals surface area (Å²) in [5, 5.41) is 9.87. The van der Waals surface area contributed by atoms with Gasteiger partial charge in [-0.15, -0.1) is 11.3 Å². The van der Waals surface area contributed by atoms with Crippen molar-refractivity contribution in [2.24, 2.45) is 0 Å². The summed E-state index contributed by atoms with van der Waals surface area (Å²) in [6, 6.07) is 10.4. The molecule has 0 aliphatic rings. The second-order valence-electron chi connectivity index (χ2n) is 6.79.